The molecule has 9 heteroatoms. The highest BCUT2D eigenvalue weighted by atomic mass is 32.2. The molecular weight excluding hydrogens is 296 g/mol. The molecule has 1 radical (unpaired) electrons. The molecule has 0 aliphatic rings. The third-order valence-electron chi connectivity index (χ3n) is 2.42. The number of phenolic OH excluding ortho intramolecular Hbond substituents is 1. The van der Waals surface area contributed by atoms with Crippen molar-refractivity contribution in [2.75, 3.05) is 0 Å². The summed E-state index contributed by atoms with van der Waals surface area (Å²) in [6.45, 7) is 0. The highest BCUT2D eigenvalue weighted by Crippen LogP contribution is 2.34. The minimum absolute atomic E-state index is 0.116. The zero-order valence-electron chi connectivity index (χ0n) is 9.10. The van der Waals surface area contributed by atoms with Crippen molar-refractivity contribution in [3.63, 3.8) is 0 Å². The molecule has 2 aromatic rings. The van der Waals surface area contributed by atoms with Gasteiger partial charge in [-0.3, -0.25) is 9.11 Å². The summed E-state index contributed by atoms with van der Waals surface area (Å²) in [7, 11) is -9.19. The molecule has 0 saturated carbocycles. The van der Waals surface area contributed by atoms with Crippen LogP contribution in [0.25, 0.3) is 10.8 Å². The Bertz CT molecular complexity index is 866. The molecular formula is C10H7O7S2. The van der Waals surface area contributed by atoms with E-state index in [-0.39, 0.29) is 10.8 Å². The Morgan fingerprint density at radius 1 is 0.895 bits per heavy atom. The average molecular weight is 303 g/mol. The lowest BCUT2D eigenvalue weighted by atomic mass is 10.1. The lowest BCUT2D eigenvalue weighted by molar-refractivity contribution is 0.448. The van der Waals surface area contributed by atoms with Crippen LogP contribution in [0.3, 0.4) is 0 Å². The van der Waals surface area contributed by atoms with E-state index in [1.54, 1.807) is 0 Å². The van der Waals surface area contributed by atoms with E-state index in [0.29, 0.717) is 0 Å². The SMILES string of the molecule is O=S(=O)(O)c1ccc2c(S(=O)(=O)O)cc[c]c2c1O. The predicted octanol–water partition coefficient (Wildman–Crippen LogP) is 0.839. The molecule has 0 aromatic heterocycles. The molecule has 3 N–H and O–H groups in total. The third-order valence-corrected chi connectivity index (χ3v) is 4.22. The molecule has 0 saturated heterocycles. The quantitative estimate of drug-likeness (QED) is 0.701. The Morgan fingerprint density at radius 2 is 1.47 bits per heavy atom. The number of benzene rings is 2. The summed E-state index contributed by atoms with van der Waals surface area (Å²) in [5.74, 6) is -0.842. The van der Waals surface area contributed by atoms with Gasteiger partial charge < -0.3 is 5.11 Å². The largest absolute Gasteiger partial charge is 0.506 e. The van der Waals surface area contributed by atoms with Crippen molar-refractivity contribution < 1.29 is 31.0 Å². The van der Waals surface area contributed by atoms with Gasteiger partial charge >= 0.3 is 0 Å². The zero-order chi connectivity index (χ0) is 14.4. The number of phenols is 1. The second-order valence-corrected chi connectivity index (χ2v) is 6.41. The highest BCUT2D eigenvalue weighted by molar-refractivity contribution is 7.86. The van der Waals surface area contributed by atoms with Crippen molar-refractivity contribution >= 4 is 31.0 Å². The van der Waals surface area contributed by atoms with Gasteiger partial charge in [0.05, 0.1) is 0 Å². The van der Waals surface area contributed by atoms with E-state index in [4.69, 9.17) is 9.11 Å². The number of hydrogen-bond acceptors (Lipinski definition) is 5. The fraction of sp³-hybridized carbons (Fsp3) is 0. The summed E-state index contributed by atoms with van der Waals surface area (Å²) < 4.78 is 62.2. The average Bonchev–Trinajstić information content (AvgIpc) is 2.26. The third kappa shape index (κ3) is 2.40. The van der Waals surface area contributed by atoms with E-state index in [0.717, 1.165) is 24.3 Å². The molecule has 0 heterocycles. The highest BCUT2D eigenvalue weighted by Gasteiger charge is 2.21. The van der Waals surface area contributed by atoms with Crippen LogP contribution in [0.5, 0.6) is 5.75 Å². The smallest absolute Gasteiger partial charge is 0.298 e. The molecule has 7 nitrogen and oxygen atoms in total. The van der Waals surface area contributed by atoms with Crippen LogP contribution < -0.4 is 0 Å². The van der Waals surface area contributed by atoms with Crippen LogP contribution in [0.1, 0.15) is 0 Å². The first kappa shape index (κ1) is 13.7. The van der Waals surface area contributed by atoms with Crippen molar-refractivity contribution in [3.05, 3.63) is 30.3 Å². The molecule has 19 heavy (non-hydrogen) atoms. The van der Waals surface area contributed by atoms with Crippen molar-refractivity contribution in [1.82, 2.24) is 0 Å². The predicted molar refractivity (Wildman–Crippen MR) is 64.1 cm³/mol. The van der Waals surface area contributed by atoms with Crippen LogP contribution in [0.2, 0.25) is 0 Å². The Balaban J connectivity index is 2.96. The minimum Gasteiger partial charge on any atom is -0.506 e. The van der Waals surface area contributed by atoms with Crippen molar-refractivity contribution in [2.45, 2.75) is 9.79 Å². The number of aromatic hydroxyl groups is 1. The molecule has 2 aromatic carbocycles. The minimum atomic E-state index is -4.66. The van der Waals surface area contributed by atoms with E-state index in [9.17, 15) is 21.9 Å². The molecule has 0 aliphatic carbocycles. The summed E-state index contributed by atoms with van der Waals surface area (Å²) in [6.07, 6.45) is 0. The van der Waals surface area contributed by atoms with E-state index < -0.39 is 35.8 Å². The first-order valence-corrected chi connectivity index (χ1v) is 7.62. The van der Waals surface area contributed by atoms with Gasteiger partial charge in [0.25, 0.3) is 20.2 Å². The van der Waals surface area contributed by atoms with Crippen molar-refractivity contribution in [1.29, 1.82) is 0 Å². The van der Waals surface area contributed by atoms with Gasteiger partial charge in [0.1, 0.15) is 15.5 Å². The molecule has 0 amide bonds. The van der Waals surface area contributed by atoms with Gasteiger partial charge in [0, 0.05) is 10.8 Å². The van der Waals surface area contributed by atoms with E-state index in [2.05, 4.69) is 6.07 Å². The second-order valence-electron chi connectivity index (χ2n) is 3.63. The Labute approximate surface area is 108 Å². The van der Waals surface area contributed by atoms with Gasteiger partial charge in [-0.1, -0.05) is 12.1 Å². The summed E-state index contributed by atoms with van der Waals surface area (Å²) in [6, 6.07) is 6.45. The Kier molecular flexibility index (Phi) is 3.01. The topological polar surface area (TPSA) is 129 Å². The Morgan fingerprint density at radius 3 is 2.00 bits per heavy atom. The van der Waals surface area contributed by atoms with Crippen LogP contribution >= 0.6 is 0 Å². The standard InChI is InChI=1S/C10H7O7S2/c11-10-7-2-1-3-8(18(12,13)14)6(7)4-5-9(10)19(15,16)17/h1,3-5,11H,(H,12,13,14)(H,15,16,17). The van der Waals surface area contributed by atoms with Crippen molar-refractivity contribution in [3.8, 4) is 5.75 Å². The lowest BCUT2D eigenvalue weighted by Crippen LogP contribution is -2.01. The number of fused-ring (bicyclic) bond motifs is 1. The van der Waals surface area contributed by atoms with Gasteiger partial charge in [-0.15, -0.1) is 0 Å². The molecule has 0 spiro atoms. The van der Waals surface area contributed by atoms with Crippen LogP contribution in [0.4, 0.5) is 0 Å². The number of hydrogen-bond donors (Lipinski definition) is 3. The van der Waals surface area contributed by atoms with Crippen molar-refractivity contribution in [2.24, 2.45) is 0 Å². The van der Waals surface area contributed by atoms with E-state index in [1.807, 2.05) is 0 Å². The lowest BCUT2D eigenvalue weighted by Gasteiger charge is -2.07. The molecule has 0 bridgehead atoms. The first-order valence-electron chi connectivity index (χ1n) is 4.74. The summed E-state index contributed by atoms with van der Waals surface area (Å²) in [5, 5.41) is 9.37. The second kappa shape index (κ2) is 4.17. The summed E-state index contributed by atoms with van der Waals surface area (Å²) in [4.78, 5) is -1.28. The fourth-order valence-corrected chi connectivity index (χ4v) is 2.92. The normalized spacial score (nSPS) is 12.7. The summed E-state index contributed by atoms with van der Waals surface area (Å²) in [5.41, 5.74) is 0. The maximum absolute atomic E-state index is 11.1. The Hall–Kier alpha value is -1.68. The zero-order valence-corrected chi connectivity index (χ0v) is 10.7. The van der Waals surface area contributed by atoms with Gasteiger partial charge in [-0.25, -0.2) is 0 Å². The fourth-order valence-electron chi connectivity index (χ4n) is 1.65. The summed E-state index contributed by atoms with van der Waals surface area (Å²) >= 11 is 0. The van der Waals surface area contributed by atoms with Gasteiger partial charge in [0.2, 0.25) is 0 Å². The monoisotopic (exact) mass is 303 g/mol. The van der Waals surface area contributed by atoms with E-state index in [1.165, 1.54) is 0 Å². The molecule has 0 aliphatic heterocycles. The van der Waals surface area contributed by atoms with Gasteiger partial charge in [-0.05, 0) is 18.2 Å². The van der Waals surface area contributed by atoms with E-state index >= 15 is 0 Å². The van der Waals surface area contributed by atoms with Gasteiger partial charge in [-0.2, -0.15) is 16.8 Å². The molecule has 101 valence electrons. The maximum atomic E-state index is 11.1. The van der Waals surface area contributed by atoms with Gasteiger partial charge in [0.15, 0.2) is 0 Å². The van der Waals surface area contributed by atoms with Crippen LogP contribution in [-0.2, 0) is 20.2 Å². The molecule has 0 unspecified atom stereocenters. The molecule has 0 atom stereocenters. The van der Waals surface area contributed by atoms with Crippen LogP contribution in [0.15, 0.2) is 34.1 Å². The number of rotatable bonds is 2. The maximum Gasteiger partial charge on any atom is 0.298 e. The molecule has 2 rings (SSSR count). The van der Waals surface area contributed by atoms with Crippen LogP contribution in [-0.4, -0.2) is 31.0 Å². The first-order chi connectivity index (χ1) is 8.62. The van der Waals surface area contributed by atoms with Crippen LogP contribution in [0, 0.1) is 6.07 Å². The molecule has 0 fully saturated rings.